The lowest BCUT2D eigenvalue weighted by Gasteiger charge is -2.00. The second-order valence-electron chi connectivity index (χ2n) is 6.55. The molecule has 4 nitrogen and oxygen atoms in total. The van der Waals surface area contributed by atoms with E-state index in [-0.39, 0.29) is 0 Å². The van der Waals surface area contributed by atoms with E-state index in [0.29, 0.717) is 25.2 Å². The Morgan fingerprint density at radius 2 is 1.18 bits per heavy atom. The highest BCUT2D eigenvalue weighted by Crippen LogP contribution is 2.31. The fraction of sp³-hybridized carbons (Fsp3) is 0.944. The Kier molecular flexibility index (Phi) is 11.4. The fourth-order valence-corrected chi connectivity index (χ4v) is 3.00. The molecule has 4 heteroatoms. The molecule has 0 saturated carbocycles. The maximum absolute atomic E-state index is 10.4. The molecule has 2 N–H and O–H groups in total. The van der Waals surface area contributed by atoms with Gasteiger partial charge in [-0.25, -0.2) is 0 Å². The number of rotatable bonds is 16. The molecule has 0 unspecified atom stereocenters. The molecule has 1 fully saturated rings. The van der Waals surface area contributed by atoms with Crippen molar-refractivity contribution in [3.05, 3.63) is 0 Å². The van der Waals surface area contributed by atoms with E-state index in [0.717, 1.165) is 32.1 Å². The molecule has 1 saturated heterocycles. The maximum atomic E-state index is 10.4. The van der Waals surface area contributed by atoms with E-state index in [1.807, 2.05) is 0 Å². The van der Waals surface area contributed by atoms with Gasteiger partial charge in [-0.3, -0.25) is 4.79 Å². The van der Waals surface area contributed by atoms with Crippen molar-refractivity contribution in [3.63, 3.8) is 0 Å². The van der Waals surface area contributed by atoms with Crippen molar-refractivity contribution in [1.29, 1.82) is 0 Å². The van der Waals surface area contributed by atoms with Crippen molar-refractivity contribution in [3.8, 4) is 0 Å². The number of ether oxygens (including phenoxy) is 1. The van der Waals surface area contributed by atoms with Crippen molar-refractivity contribution in [2.45, 2.75) is 102 Å². The van der Waals surface area contributed by atoms with Gasteiger partial charge in [0, 0.05) is 13.0 Å². The predicted octanol–water partition coefficient (Wildman–Crippen LogP) is 4.29. The van der Waals surface area contributed by atoms with Crippen molar-refractivity contribution < 1.29 is 19.7 Å². The molecule has 130 valence electrons. The van der Waals surface area contributed by atoms with Crippen LogP contribution in [0.4, 0.5) is 0 Å². The Bertz CT molecular complexity index is 280. The number of carboxylic acid groups (broad SMARTS) is 1. The van der Waals surface area contributed by atoms with E-state index in [9.17, 15) is 4.79 Å². The first-order chi connectivity index (χ1) is 10.7. The number of hydrogen-bond donors (Lipinski definition) is 2. The van der Waals surface area contributed by atoms with E-state index < -0.39 is 5.97 Å². The second kappa shape index (κ2) is 12.9. The fourth-order valence-electron chi connectivity index (χ4n) is 3.00. The van der Waals surface area contributed by atoms with Gasteiger partial charge >= 0.3 is 5.97 Å². The molecule has 1 rings (SSSR count). The lowest BCUT2D eigenvalue weighted by molar-refractivity contribution is -0.137. The third-order valence-corrected chi connectivity index (χ3v) is 4.46. The summed E-state index contributed by atoms with van der Waals surface area (Å²) in [6, 6.07) is 0. The van der Waals surface area contributed by atoms with Crippen LogP contribution in [0.5, 0.6) is 0 Å². The normalized spacial score (nSPS) is 20.2. The number of hydrogen-bond acceptors (Lipinski definition) is 3. The SMILES string of the molecule is O=C(O)CCCCCCC[C@@H]1O[C@@H]1CCCCCCCCO. The average Bonchev–Trinajstić information content (AvgIpc) is 3.23. The van der Waals surface area contributed by atoms with Gasteiger partial charge in [0.1, 0.15) is 0 Å². The highest BCUT2D eigenvalue weighted by atomic mass is 16.6. The van der Waals surface area contributed by atoms with E-state index in [4.69, 9.17) is 14.9 Å². The van der Waals surface area contributed by atoms with Crippen molar-refractivity contribution in [1.82, 2.24) is 0 Å². The Morgan fingerprint density at radius 3 is 1.68 bits per heavy atom. The molecule has 1 aliphatic heterocycles. The number of aliphatic hydroxyl groups excluding tert-OH is 1. The number of epoxide rings is 1. The first kappa shape index (κ1) is 19.4. The molecule has 0 amide bonds. The van der Waals surface area contributed by atoms with Gasteiger partial charge in [0.15, 0.2) is 0 Å². The van der Waals surface area contributed by atoms with Crippen LogP contribution in [-0.4, -0.2) is 35.0 Å². The van der Waals surface area contributed by atoms with E-state index in [1.54, 1.807) is 0 Å². The van der Waals surface area contributed by atoms with Gasteiger partial charge < -0.3 is 14.9 Å². The smallest absolute Gasteiger partial charge is 0.303 e. The molecule has 0 aromatic rings. The van der Waals surface area contributed by atoms with Crippen LogP contribution in [0.1, 0.15) is 89.9 Å². The maximum Gasteiger partial charge on any atom is 0.303 e. The summed E-state index contributed by atoms with van der Waals surface area (Å²) in [5, 5.41) is 17.2. The van der Waals surface area contributed by atoms with Crippen molar-refractivity contribution in [2.24, 2.45) is 0 Å². The number of carboxylic acids is 1. The van der Waals surface area contributed by atoms with Crippen LogP contribution in [-0.2, 0) is 9.53 Å². The second-order valence-corrected chi connectivity index (χ2v) is 6.55. The van der Waals surface area contributed by atoms with Gasteiger partial charge in [-0.1, -0.05) is 57.8 Å². The molecule has 0 radical (unpaired) electrons. The van der Waals surface area contributed by atoms with Crippen LogP contribution < -0.4 is 0 Å². The highest BCUT2D eigenvalue weighted by Gasteiger charge is 2.36. The molecule has 2 atom stereocenters. The van der Waals surface area contributed by atoms with E-state index >= 15 is 0 Å². The molecule has 1 heterocycles. The summed E-state index contributed by atoms with van der Waals surface area (Å²) in [7, 11) is 0. The Hall–Kier alpha value is -0.610. The summed E-state index contributed by atoms with van der Waals surface area (Å²) in [5.41, 5.74) is 0. The Labute approximate surface area is 135 Å². The molecule has 1 aliphatic rings. The van der Waals surface area contributed by atoms with Gasteiger partial charge in [-0.2, -0.15) is 0 Å². The lowest BCUT2D eigenvalue weighted by Crippen LogP contribution is -1.95. The summed E-state index contributed by atoms with van der Waals surface area (Å²) in [6.45, 7) is 0.331. The Balaban J connectivity index is 1.76. The van der Waals surface area contributed by atoms with E-state index in [1.165, 1.54) is 51.4 Å². The molecule has 0 aliphatic carbocycles. The minimum atomic E-state index is -0.678. The standard InChI is InChI=1S/C18H34O4/c19-15-11-7-2-1-4-8-12-16-17(22-16)13-9-5-3-6-10-14-18(20)21/h16-17,19H,1-15H2,(H,20,21)/t16-,17+/m1/s1. The van der Waals surface area contributed by atoms with Crippen LogP contribution in [0.3, 0.4) is 0 Å². The van der Waals surface area contributed by atoms with Gasteiger partial charge in [0.2, 0.25) is 0 Å². The van der Waals surface area contributed by atoms with Crippen LogP contribution in [0.2, 0.25) is 0 Å². The minimum absolute atomic E-state index is 0.313. The summed E-state index contributed by atoms with van der Waals surface area (Å²) >= 11 is 0. The molecular formula is C18H34O4. The number of unbranched alkanes of at least 4 members (excludes halogenated alkanes) is 9. The first-order valence-corrected chi connectivity index (χ1v) is 9.22. The monoisotopic (exact) mass is 314 g/mol. The zero-order valence-electron chi connectivity index (χ0n) is 14.0. The summed E-state index contributed by atoms with van der Waals surface area (Å²) < 4.78 is 5.71. The van der Waals surface area contributed by atoms with Crippen LogP contribution >= 0.6 is 0 Å². The molecule has 0 spiro atoms. The third kappa shape index (κ3) is 11.0. The van der Waals surface area contributed by atoms with Gasteiger partial charge in [0.05, 0.1) is 12.2 Å². The zero-order chi connectivity index (χ0) is 16.0. The summed E-state index contributed by atoms with van der Waals surface area (Å²) in [6.07, 6.45) is 16.4. The van der Waals surface area contributed by atoms with Crippen molar-refractivity contribution in [2.75, 3.05) is 6.61 Å². The highest BCUT2D eigenvalue weighted by molar-refractivity contribution is 5.66. The van der Waals surface area contributed by atoms with Crippen LogP contribution in [0.15, 0.2) is 0 Å². The van der Waals surface area contributed by atoms with Crippen LogP contribution in [0, 0.1) is 0 Å². The predicted molar refractivity (Wildman–Crippen MR) is 88.0 cm³/mol. The van der Waals surface area contributed by atoms with Gasteiger partial charge in [-0.15, -0.1) is 0 Å². The molecule has 22 heavy (non-hydrogen) atoms. The number of carbonyl (C=O) groups is 1. The number of aliphatic hydroxyl groups is 1. The topological polar surface area (TPSA) is 70.1 Å². The molecule has 0 aromatic heterocycles. The largest absolute Gasteiger partial charge is 0.481 e. The molecule has 0 aromatic carbocycles. The lowest BCUT2D eigenvalue weighted by atomic mass is 10.0. The summed E-state index contributed by atoms with van der Waals surface area (Å²) in [5.74, 6) is -0.678. The number of aliphatic carboxylic acids is 1. The minimum Gasteiger partial charge on any atom is -0.481 e. The van der Waals surface area contributed by atoms with E-state index in [2.05, 4.69) is 0 Å². The molecule has 0 bridgehead atoms. The molecular weight excluding hydrogens is 280 g/mol. The summed E-state index contributed by atoms with van der Waals surface area (Å²) in [4.78, 5) is 10.4. The van der Waals surface area contributed by atoms with Crippen LogP contribution in [0.25, 0.3) is 0 Å². The van der Waals surface area contributed by atoms with Gasteiger partial charge in [-0.05, 0) is 25.7 Å². The zero-order valence-corrected chi connectivity index (χ0v) is 14.0. The average molecular weight is 314 g/mol. The first-order valence-electron chi connectivity index (χ1n) is 9.22. The third-order valence-electron chi connectivity index (χ3n) is 4.46. The Morgan fingerprint density at radius 1 is 0.727 bits per heavy atom. The van der Waals surface area contributed by atoms with Crippen molar-refractivity contribution >= 4 is 5.97 Å². The quantitative estimate of drug-likeness (QED) is 0.329. The van der Waals surface area contributed by atoms with Gasteiger partial charge in [0.25, 0.3) is 0 Å².